The van der Waals surface area contributed by atoms with Crippen molar-refractivity contribution in [3.63, 3.8) is 0 Å². The highest BCUT2D eigenvalue weighted by Crippen LogP contribution is 2.36. The molecule has 0 amide bonds. The molecule has 3 aromatic rings. The number of hydrogen-bond acceptors (Lipinski definition) is 3. The van der Waals surface area contributed by atoms with Gasteiger partial charge in [-0.3, -0.25) is 0 Å². The van der Waals surface area contributed by atoms with Gasteiger partial charge in [0.25, 0.3) is 0 Å². The lowest BCUT2D eigenvalue weighted by Crippen LogP contribution is -2.05. The summed E-state index contributed by atoms with van der Waals surface area (Å²) in [6.45, 7) is 0. The predicted molar refractivity (Wildman–Crippen MR) is 82.0 cm³/mol. The van der Waals surface area contributed by atoms with Crippen LogP contribution < -0.4 is 5.73 Å². The van der Waals surface area contributed by atoms with Crippen LogP contribution in [-0.2, 0) is 6.42 Å². The number of rotatable bonds is 2. The monoisotopic (exact) mass is 276 g/mol. The Hall–Kier alpha value is -2.46. The maximum Gasteiger partial charge on any atom is 0.0947 e. The Kier molecular flexibility index (Phi) is 2.82. The van der Waals surface area contributed by atoms with E-state index in [0.717, 1.165) is 24.2 Å². The third kappa shape index (κ3) is 1.96. The molecular weight excluding hydrogens is 260 g/mol. The molecule has 1 aromatic heterocycles. The molecule has 4 nitrogen and oxygen atoms in total. The highest BCUT2D eigenvalue weighted by molar-refractivity contribution is 5.68. The van der Waals surface area contributed by atoms with E-state index in [-0.39, 0.29) is 6.04 Å². The molecule has 1 aliphatic rings. The molecular formula is C17H16N4. The third-order valence-electron chi connectivity index (χ3n) is 4.14. The lowest BCUT2D eigenvalue weighted by molar-refractivity contribution is 0.713. The summed E-state index contributed by atoms with van der Waals surface area (Å²) in [5.74, 6) is 0. The molecule has 0 fully saturated rings. The zero-order chi connectivity index (χ0) is 14.2. The Balaban J connectivity index is 1.89. The van der Waals surface area contributed by atoms with Gasteiger partial charge in [0.1, 0.15) is 0 Å². The highest BCUT2D eigenvalue weighted by atomic mass is 15.4. The average Bonchev–Trinajstić information content (AvgIpc) is 3.15. The molecule has 0 radical (unpaired) electrons. The van der Waals surface area contributed by atoms with E-state index in [1.54, 1.807) is 0 Å². The Morgan fingerprint density at radius 3 is 2.76 bits per heavy atom. The molecule has 21 heavy (non-hydrogen) atoms. The van der Waals surface area contributed by atoms with E-state index in [1.807, 2.05) is 41.2 Å². The summed E-state index contributed by atoms with van der Waals surface area (Å²) in [6, 6.07) is 16.6. The van der Waals surface area contributed by atoms with E-state index >= 15 is 0 Å². The van der Waals surface area contributed by atoms with Crippen LogP contribution >= 0.6 is 0 Å². The van der Waals surface area contributed by atoms with Crippen LogP contribution in [0.15, 0.2) is 54.7 Å². The summed E-state index contributed by atoms with van der Waals surface area (Å²) >= 11 is 0. The molecule has 1 heterocycles. The molecule has 1 aliphatic carbocycles. The molecule has 4 rings (SSSR count). The summed E-state index contributed by atoms with van der Waals surface area (Å²) in [7, 11) is 0. The summed E-state index contributed by atoms with van der Waals surface area (Å²) in [5.41, 5.74) is 12.0. The number of aromatic nitrogens is 3. The van der Waals surface area contributed by atoms with Gasteiger partial charge in [-0.2, -0.15) is 0 Å². The minimum Gasteiger partial charge on any atom is -0.324 e. The van der Waals surface area contributed by atoms with Crippen molar-refractivity contribution in [3.05, 3.63) is 65.9 Å². The molecule has 2 N–H and O–H groups in total. The summed E-state index contributed by atoms with van der Waals surface area (Å²) in [5, 5.41) is 8.34. The van der Waals surface area contributed by atoms with E-state index in [9.17, 15) is 0 Å². The molecule has 104 valence electrons. The topological polar surface area (TPSA) is 56.7 Å². The van der Waals surface area contributed by atoms with E-state index in [2.05, 4.69) is 28.5 Å². The summed E-state index contributed by atoms with van der Waals surface area (Å²) in [6.07, 6.45) is 3.86. The van der Waals surface area contributed by atoms with E-state index in [0.29, 0.717) is 0 Å². The van der Waals surface area contributed by atoms with Gasteiger partial charge in [0.15, 0.2) is 0 Å². The quantitative estimate of drug-likeness (QED) is 0.783. The van der Waals surface area contributed by atoms with Crippen molar-refractivity contribution in [1.29, 1.82) is 0 Å². The fraction of sp³-hybridized carbons (Fsp3) is 0.176. The molecule has 0 bridgehead atoms. The smallest absolute Gasteiger partial charge is 0.0947 e. The van der Waals surface area contributed by atoms with Crippen LogP contribution in [0.2, 0.25) is 0 Å². The minimum absolute atomic E-state index is 0.154. The molecule has 2 aromatic carbocycles. The van der Waals surface area contributed by atoms with Crippen molar-refractivity contribution in [1.82, 2.24) is 15.0 Å². The second-order valence-corrected chi connectivity index (χ2v) is 5.39. The second kappa shape index (κ2) is 4.82. The molecule has 0 saturated heterocycles. The van der Waals surface area contributed by atoms with Gasteiger partial charge in [-0.15, -0.1) is 5.10 Å². The maximum atomic E-state index is 6.18. The summed E-state index contributed by atoms with van der Waals surface area (Å²) in [4.78, 5) is 0. The van der Waals surface area contributed by atoms with Crippen LogP contribution in [0.4, 0.5) is 0 Å². The maximum absolute atomic E-state index is 6.18. The molecule has 1 atom stereocenters. The first-order valence-corrected chi connectivity index (χ1v) is 7.18. The molecule has 1 unspecified atom stereocenters. The first-order chi connectivity index (χ1) is 10.3. The lowest BCUT2D eigenvalue weighted by atomic mass is 10.0. The Morgan fingerprint density at radius 2 is 1.90 bits per heavy atom. The van der Waals surface area contributed by atoms with Crippen LogP contribution in [0.25, 0.3) is 16.9 Å². The number of hydrogen-bond donors (Lipinski definition) is 1. The Morgan fingerprint density at radius 1 is 1.05 bits per heavy atom. The largest absolute Gasteiger partial charge is 0.324 e. The van der Waals surface area contributed by atoms with Crippen molar-refractivity contribution in [2.45, 2.75) is 18.9 Å². The van der Waals surface area contributed by atoms with E-state index < -0.39 is 0 Å². The van der Waals surface area contributed by atoms with Crippen LogP contribution in [0.5, 0.6) is 0 Å². The van der Waals surface area contributed by atoms with Gasteiger partial charge in [-0.25, -0.2) is 4.68 Å². The van der Waals surface area contributed by atoms with Crippen molar-refractivity contribution in [3.8, 4) is 16.9 Å². The number of nitrogens with zero attached hydrogens (tertiary/aromatic N) is 3. The standard InChI is InChI=1S/C17H16N4/c18-16-10-9-13-14(16)7-4-8-15(13)17-11-19-20-21(17)12-5-2-1-3-6-12/h1-8,11,16H,9-10,18H2. The van der Waals surface area contributed by atoms with Crippen LogP contribution in [0, 0.1) is 0 Å². The number of benzene rings is 2. The minimum atomic E-state index is 0.154. The zero-order valence-corrected chi connectivity index (χ0v) is 11.6. The van der Waals surface area contributed by atoms with E-state index in [4.69, 9.17) is 5.73 Å². The van der Waals surface area contributed by atoms with Crippen molar-refractivity contribution >= 4 is 0 Å². The lowest BCUT2D eigenvalue weighted by Gasteiger charge is -2.11. The number of para-hydroxylation sites is 1. The Labute approximate surface area is 123 Å². The first-order valence-electron chi connectivity index (χ1n) is 7.18. The van der Waals surface area contributed by atoms with Crippen molar-refractivity contribution in [2.24, 2.45) is 5.73 Å². The first kappa shape index (κ1) is 12.3. The van der Waals surface area contributed by atoms with Crippen LogP contribution in [-0.4, -0.2) is 15.0 Å². The highest BCUT2D eigenvalue weighted by Gasteiger charge is 2.23. The molecule has 0 aliphatic heterocycles. The summed E-state index contributed by atoms with van der Waals surface area (Å²) < 4.78 is 1.89. The number of fused-ring (bicyclic) bond motifs is 1. The van der Waals surface area contributed by atoms with Gasteiger partial charge in [0.05, 0.1) is 17.6 Å². The molecule has 4 heteroatoms. The third-order valence-corrected chi connectivity index (χ3v) is 4.14. The van der Waals surface area contributed by atoms with Gasteiger partial charge >= 0.3 is 0 Å². The van der Waals surface area contributed by atoms with Gasteiger partial charge in [-0.05, 0) is 36.1 Å². The van der Waals surface area contributed by atoms with Gasteiger partial charge in [0, 0.05) is 11.6 Å². The van der Waals surface area contributed by atoms with Gasteiger partial charge < -0.3 is 5.73 Å². The zero-order valence-electron chi connectivity index (χ0n) is 11.6. The van der Waals surface area contributed by atoms with Gasteiger partial charge in [-0.1, -0.05) is 41.6 Å². The predicted octanol–water partition coefficient (Wildman–Crippen LogP) is 2.88. The van der Waals surface area contributed by atoms with Crippen molar-refractivity contribution in [2.75, 3.05) is 0 Å². The van der Waals surface area contributed by atoms with Crippen molar-refractivity contribution < 1.29 is 0 Å². The Bertz CT molecular complexity index is 776. The van der Waals surface area contributed by atoms with Gasteiger partial charge in [0.2, 0.25) is 0 Å². The van der Waals surface area contributed by atoms with Crippen LogP contribution in [0.1, 0.15) is 23.6 Å². The second-order valence-electron chi connectivity index (χ2n) is 5.39. The molecule has 0 saturated carbocycles. The normalized spacial score (nSPS) is 16.9. The van der Waals surface area contributed by atoms with E-state index in [1.165, 1.54) is 16.7 Å². The fourth-order valence-electron chi connectivity index (χ4n) is 3.10. The molecule has 0 spiro atoms. The fourth-order valence-corrected chi connectivity index (χ4v) is 3.10. The SMILES string of the molecule is NC1CCc2c(-c3cnnn3-c3ccccc3)cccc21. The number of nitrogens with two attached hydrogens (primary N) is 1. The van der Waals surface area contributed by atoms with Crippen LogP contribution in [0.3, 0.4) is 0 Å². The average molecular weight is 276 g/mol.